The molecule has 1 aliphatic rings. The van der Waals surface area contributed by atoms with Crippen LogP contribution in [0, 0.1) is 5.92 Å². The molecule has 0 atom stereocenters. The normalized spacial score (nSPS) is 16.9. The van der Waals surface area contributed by atoms with Crippen molar-refractivity contribution >= 4 is 17.5 Å². The maximum absolute atomic E-state index is 12.3. The number of hydrogen-bond donors (Lipinski definition) is 1. The fourth-order valence-corrected chi connectivity index (χ4v) is 2.65. The summed E-state index contributed by atoms with van der Waals surface area (Å²) in [5, 5.41) is 3.74. The fourth-order valence-electron chi connectivity index (χ4n) is 2.43. The first-order valence-corrected chi connectivity index (χ1v) is 6.78. The van der Waals surface area contributed by atoms with Crippen LogP contribution in [0.15, 0.2) is 24.3 Å². The summed E-state index contributed by atoms with van der Waals surface area (Å²) in [6.07, 6.45) is 2.13. The van der Waals surface area contributed by atoms with Crippen LogP contribution in [0.4, 0.5) is 0 Å². The molecule has 0 bridgehead atoms. The molecule has 1 heterocycles. The molecule has 2 rings (SSSR count). The van der Waals surface area contributed by atoms with E-state index in [0.717, 1.165) is 32.5 Å². The Kier molecular flexibility index (Phi) is 4.61. The number of nitrogens with one attached hydrogen (secondary N) is 1. The van der Waals surface area contributed by atoms with Gasteiger partial charge in [-0.2, -0.15) is 0 Å². The summed E-state index contributed by atoms with van der Waals surface area (Å²) in [5.74, 6) is 0.744. The molecule has 0 radical (unpaired) electrons. The Labute approximate surface area is 113 Å². The van der Waals surface area contributed by atoms with Gasteiger partial charge in [-0.1, -0.05) is 23.7 Å². The van der Waals surface area contributed by atoms with Crippen molar-refractivity contribution in [1.82, 2.24) is 10.2 Å². The lowest BCUT2D eigenvalue weighted by Crippen LogP contribution is -2.40. The fraction of sp³-hybridized carbons (Fsp3) is 0.500. The van der Waals surface area contributed by atoms with E-state index >= 15 is 0 Å². The van der Waals surface area contributed by atoms with Crippen LogP contribution >= 0.6 is 11.6 Å². The second-order valence-electron chi connectivity index (χ2n) is 4.77. The minimum absolute atomic E-state index is 0.0588. The highest BCUT2D eigenvalue weighted by Crippen LogP contribution is 2.21. The molecule has 1 aliphatic heterocycles. The molecular weight excluding hydrogens is 248 g/mol. The van der Waals surface area contributed by atoms with Gasteiger partial charge in [0.05, 0.1) is 10.6 Å². The van der Waals surface area contributed by atoms with Crippen LogP contribution in [0.5, 0.6) is 0 Å². The van der Waals surface area contributed by atoms with Crippen molar-refractivity contribution in [2.45, 2.75) is 12.8 Å². The van der Waals surface area contributed by atoms with Gasteiger partial charge in [0.25, 0.3) is 5.91 Å². The van der Waals surface area contributed by atoms with E-state index in [1.807, 2.05) is 24.1 Å². The van der Waals surface area contributed by atoms with E-state index in [0.29, 0.717) is 16.5 Å². The standard InChI is InChI=1S/C14H19ClN2O/c1-16-10-11-6-8-17(9-7-11)14(18)12-4-2-3-5-13(12)15/h2-5,11,16H,6-10H2,1H3. The largest absolute Gasteiger partial charge is 0.339 e. The van der Waals surface area contributed by atoms with Gasteiger partial charge in [-0.3, -0.25) is 4.79 Å². The summed E-state index contributed by atoms with van der Waals surface area (Å²) in [6, 6.07) is 7.26. The number of piperidine rings is 1. The first-order chi connectivity index (χ1) is 8.72. The lowest BCUT2D eigenvalue weighted by atomic mass is 9.96. The molecule has 0 aliphatic carbocycles. The van der Waals surface area contributed by atoms with Gasteiger partial charge in [0, 0.05) is 13.1 Å². The molecule has 0 aromatic heterocycles. The molecule has 0 spiro atoms. The molecule has 1 N–H and O–H groups in total. The third-order valence-electron chi connectivity index (χ3n) is 3.50. The van der Waals surface area contributed by atoms with Crippen LogP contribution in [-0.4, -0.2) is 37.5 Å². The lowest BCUT2D eigenvalue weighted by molar-refractivity contribution is 0.0691. The molecule has 18 heavy (non-hydrogen) atoms. The van der Waals surface area contributed by atoms with Crippen molar-refractivity contribution < 1.29 is 4.79 Å². The van der Waals surface area contributed by atoms with E-state index in [2.05, 4.69) is 5.32 Å². The SMILES string of the molecule is CNCC1CCN(C(=O)c2ccccc2Cl)CC1. The molecule has 3 nitrogen and oxygen atoms in total. The number of hydrogen-bond acceptors (Lipinski definition) is 2. The summed E-state index contributed by atoms with van der Waals surface area (Å²) >= 11 is 6.06. The van der Waals surface area contributed by atoms with Crippen molar-refractivity contribution in [2.75, 3.05) is 26.7 Å². The predicted molar refractivity (Wildman–Crippen MR) is 74.0 cm³/mol. The van der Waals surface area contributed by atoms with E-state index in [-0.39, 0.29) is 5.91 Å². The van der Waals surface area contributed by atoms with E-state index in [4.69, 9.17) is 11.6 Å². The second-order valence-corrected chi connectivity index (χ2v) is 5.18. The molecule has 0 saturated carbocycles. The van der Waals surface area contributed by atoms with Gasteiger partial charge in [0.15, 0.2) is 0 Å². The van der Waals surface area contributed by atoms with Gasteiger partial charge in [-0.15, -0.1) is 0 Å². The summed E-state index contributed by atoms with van der Waals surface area (Å²) in [7, 11) is 1.97. The van der Waals surface area contributed by atoms with Crippen molar-refractivity contribution in [3.8, 4) is 0 Å². The Morgan fingerprint density at radius 2 is 2.06 bits per heavy atom. The zero-order valence-corrected chi connectivity index (χ0v) is 11.4. The molecular formula is C14H19ClN2O. The predicted octanol–water partition coefficient (Wildman–Crippen LogP) is 2.41. The maximum Gasteiger partial charge on any atom is 0.255 e. The number of amides is 1. The van der Waals surface area contributed by atoms with Gasteiger partial charge in [-0.25, -0.2) is 0 Å². The number of carbonyl (C=O) groups excluding carboxylic acids is 1. The first-order valence-electron chi connectivity index (χ1n) is 6.40. The highest BCUT2D eigenvalue weighted by Gasteiger charge is 2.24. The van der Waals surface area contributed by atoms with Gasteiger partial charge >= 0.3 is 0 Å². The molecule has 0 unspecified atom stereocenters. The van der Waals surface area contributed by atoms with Crippen molar-refractivity contribution in [1.29, 1.82) is 0 Å². The topological polar surface area (TPSA) is 32.3 Å². The first kappa shape index (κ1) is 13.4. The minimum atomic E-state index is 0.0588. The molecule has 1 amide bonds. The Balaban J connectivity index is 1.98. The molecule has 1 fully saturated rings. The van der Waals surface area contributed by atoms with Crippen molar-refractivity contribution in [3.63, 3.8) is 0 Å². The molecule has 1 saturated heterocycles. The molecule has 1 aromatic carbocycles. The van der Waals surface area contributed by atoms with Crippen molar-refractivity contribution in [2.24, 2.45) is 5.92 Å². The number of carbonyl (C=O) groups is 1. The Morgan fingerprint density at radius 3 is 2.67 bits per heavy atom. The highest BCUT2D eigenvalue weighted by atomic mass is 35.5. The third-order valence-corrected chi connectivity index (χ3v) is 3.83. The quantitative estimate of drug-likeness (QED) is 0.911. The Hall–Kier alpha value is -1.06. The highest BCUT2D eigenvalue weighted by molar-refractivity contribution is 6.33. The Bertz CT molecular complexity index is 414. The number of benzene rings is 1. The summed E-state index contributed by atoms with van der Waals surface area (Å²) in [5.41, 5.74) is 0.617. The van der Waals surface area contributed by atoms with E-state index < -0.39 is 0 Å². The number of likely N-dealkylation sites (tertiary alicyclic amines) is 1. The zero-order valence-electron chi connectivity index (χ0n) is 10.7. The van der Waals surface area contributed by atoms with Crippen LogP contribution in [-0.2, 0) is 0 Å². The van der Waals surface area contributed by atoms with Gasteiger partial charge in [0.1, 0.15) is 0 Å². The van der Waals surface area contributed by atoms with Gasteiger partial charge < -0.3 is 10.2 Å². The van der Waals surface area contributed by atoms with E-state index in [1.54, 1.807) is 12.1 Å². The van der Waals surface area contributed by atoms with E-state index in [9.17, 15) is 4.79 Å². The van der Waals surface area contributed by atoms with E-state index in [1.165, 1.54) is 0 Å². The minimum Gasteiger partial charge on any atom is -0.339 e. The number of nitrogens with zero attached hydrogens (tertiary/aromatic N) is 1. The lowest BCUT2D eigenvalue weighted by Gasteiger charge is -2.32. The Morgan fingerprint density at radius 1 is 1.39 bits per heavy atom. The third kappa shape index (κ3) is 3.03. The van der Waals surface area contributed by atoms with Crippen LogP contribution < -0.4 is 5.32 Å². The van der Waals surface area contributed by atoms with Crippen LogP contribution in [0.1, 0.15) is 23.2 Å². The van der Waals surface area contributed by atoms with Gasteiger partial charge in [0.2, 0.25) is 0 Å². The number of halogens is 1. The van der Waals surface area contributed by atoms with Gasteiger partial charge in [-0.05, 0) is 44.5 Å². The maximum atomic E-state index is 12.3. The molecule has 98 valence electrons. The van der Waals surface area contributed by atoms with Crippen LogP contribution in [0.2, 0.25) is 5.02 Å². The van der Waals surface area contributed by atoms with Crippen molar-refractivity contribution in [3.05, 3.63) is 34.9 Å². The average molecular weight is 267 g/mol. The average Bonchev–Trinajstić information content (AvgIpc) is 2.40. The monoisotopic (exact) mass is 266 g/mol. The van der Waals surface area contributed by atoms with Crippen LogP contribution in [0.25, 0.3) is 0 Å². The molecule has 4 heteroatoms. The zero-order chi connectivity index (χ0) is 13.0. The van der Waals surface area contributed by atoms with Crippen LogP contribution in [0.3, 0.4) is 0 Å². The second kappa shape index (κ2) is 6.21. The molecule has 1 aromatic rings. The summed E-state index contributed by atoms with van der Waals surface area (Å²) in [6.45, 7) is 2.70. The summed E-state index contributed by atoms with van der Waals surface area (Å²) < 4.78 is 0. The summed E-state index contributed by atoms with van der Waals surface area (Å²) in [4.78, 5) is 14.2. The smallest absolute Gasteiger partial charge is 0.255 e. The number of rotatable bonds is 3.